The van der Waals surface area contributed by atoms with Gasteiger partial charge in [0, 0.05) is 37.5 Å². The van der Waals surface area contributed by atoms with E-state index in [1.54, 1.807) is 24.3 Å². The summed E-state index contributed by atoms with van der Waals surface area (Å²) in [6, 6.07) is 7.24. The summed E-state index contributed by atoms with van der Waals surface area (Å²) in [7, 11) is -3.44. The van der Waals surface area contributed by atoms with E-state index in [9.17, 15) is 18.0 Å². The van der Waals surface area contributed by atoms with E-state index in [4.69, 9.17) is 0 Å². The monoisotopic (exact) mass is 419 g/mol. The molecule has 0 unspecified atom stereocenters. The molecular weight excluding hydrogens is 390 g/mol. The van der Waals surface area contributed by atoms with Crippen LogP contribution in [-0.2, 0) is 26.0 Å². The van der Waals surface area contributed by atoms with E-state index in [2.05, 4.69) is 10.0 Å². The summed E-state index contributed by atoms with van der Waals surface area (Å²) in [5.74, 6) is 0.266. The SMILES string of the molecule is O=C(NC1CC1)C1CCN(C(=O)CCc2ccc(S(=O)(=O)NC3CC3)cc2)CC1. The van der Waals surface area contributed by atoms with Crippen molar-refractivity contribution in [2.24, 2.45) is 5.92 Å². The number of piperidine rings is 1. The number of hydrogen-bond acceptors (Lipinski definition) is 4. The van der Waals surface area contributed by atoms with Crippen molar-refractivity contribution in [3.63, 3.8) is 0 Å². The highest BCUT2D eigenvalue weighted by Gasteiger charge is 2.31. The number of rotatable bonds is 8. The molecule has 29 heavy (non-hydrogen) atoms. The van der Waals surface area contributed by atoms with Gasteiger partial charge in [-0.3, -0.25) is 9.59 Å². The number of benzene rings is 1. The molecule has 1 aromatic rings. The quantitative estimate of drug-likeness (QED) is 0.669. The molecule has 2 amide bonds. The summed E-state index contributed by atoms with van der Waals surface area (Å²) >= 11 is 0. The van der Waals surface area contributed by atoms with Gasteiger partial charge in [-0.25, -0.2) is 13.1 Å². The van der Waals surface area contributed by atoms with Crippen LogP contribution in [0.25, 0.3) is 0 Å². The van der Waals surface area contributed by atoms with Crippen molar-refractivity contribution in [2.75, 3.05) is 13.1 Å². The van der Waals surface area contributed by atoms with Gasteiger partial charge in [0.05, 0.1) is 4.90 Å². The number of nitrogens with zero attached hydrogens (tertiary/aromatic N) is 1. The van der Waals surface area contributed by atoms with E-state index in [1.807, 2.05) is 4.90 Å². The first-order chi connectivity index (χ1) is 13.9. The summed E-state index contributed by atoms with van der Waals surface area (Å²) < 4.78 is 27.1. The van der Waals surface area contributed by atoms with Gasteiger partial charge < -0.3 is 10.2 Å². The molecule has 1 heterocycles. The molecule has 0 spiro atoms. The molecule has 1 aliphatic heterocycles. The number of aryl methyl sites for hydroxylation is 1. The molecule has 0 atom stereocenters. The summed E-state index contributed by atoms with van der Waals surface area (Å²) in [6.45, 7) is 1.26. The van der Waals surface area contributed by atoms with Crippen LogP contribution in [0.2, 0.25) is 0 Å². The average molecular weight is 420 g/mol. The van der Waals surface area contributed by atoms with Gasteiger partial charge in [0.25, 0.3) is 0 Å². The molecule has 4 rings (SSSR count). The van der Waals surface area contributed by atoms with Crippen molar-refractivity contribution in [1.82, 2.24) is 14.9 Å². The van der Waals surface area contributed by atoms with E-state index in [0.717, 1.165) is 44.1 Å². The number of hydrogen-bond donors (Lipinski definition) is 2. The minimum absolute atomic E-state index is 0.0263. The van der Waals surface area contributed by atoms with Crippen molar-refractivity contribution in [2.45, 2.75) is 68.3 Å². The van der Waals surface area contributed by atoms with Gasteiger partial charge in [-0.2, -0.15) is 0 Å². The van der Waals surface area contributed by atoms with Crippen molar-refractivity contribution in [3.05, 3.63) is 29.8 Å². The number of carbonyl (C=O) groups excluding carboxylic acids is 2. The van der Waals surface area contributed by atoms with Crippen LogP contribution in [-0.4, -0.2) is 50.3 Å². The van der Waals surface area contributed by atoms with E-state index in [1.165, 1.54) is 0 Å². The number of amides is 2. The Balaban J connectivity index is 1.22. The average Bonchev–Trinajstić information content (AvgIpc) is 3.64. The third kappa shape index (κ3) is 5.57. The topological polar surface area (TPSA) is 95.6 Å². The fraction of sp³-hybridized carbons (Fsp3) is 0.619. The first-order valence-corrected chi connectivity index (χ1v) is 12.1. The smallest absolute Gasteiger partial charge is 0.240 e. The van der Waals surface area contributed by atoms with Gasteiger partial charge in [0.1, 0.15) is 0 Å². The van der Waals surface area contributed by atoms with E-state index in [0.29, 0.717) is 32.0 Å². The van der Waals surface area contributed by atoms with Crippen LogP contribution in [0.1, 0.15) is 50.5 Å². The zero-order valence-corrected chi connectivity index (χ0v) is 17.4. The van der Waals surface area contributed by atoms with Gasteiger partial charge in [0.2, 0.25) is 21.8 Å². The van der Waals surface area contributed by atoms with E-state index in [-0.39, 0.29) is 28.7 Å². The lowest BCUT2D eigenvalue weighted by Gasteiger charge is -2.31. The lowest BCUT2D eigenvalue weighted by molar-refractivity contribution is -0.135. The Hall–Kier alpha value is -1.93. The normalized spacial score (nSPS) is 20.5. The number of likely N-dealkylation sites (tertiary alicyclic amines) is 1. The molecule has 2 N–H and O–H groups in total. The number of nitrogens with one attached hydrogen (secondary N) is 2. The van der Waals surface area contributed by atoms with Crippen LogP contribution in [0.15, 0.2) is 29.2 Å². The Labute approximate surface area is 172 Å². The molecule has 1 aromatic carbocycles. The maximum Gasteiger partial charge on any atom is 0.240 e. The molecule has 3 fully saturated rings. The molecule has 1 saturated heterocycles. The predicted molar refractivity (Wildman–Crippen MR) is 109 cm³/mol. The van der Waals surface area contributed by atoms with Gasteiger partial charge in [0.15, 0.2) is 0 Å². The van der Waals surface area contributed by atoms with Gasteiger partial charge >= 0.3 is 0 Å². The molecular formula is C21H29N3O4S. The Morgan fingerprint density at radius 3 is 2.14 bits per heavy atom. The molecule has 158 valence electrons. The van der Waals surface area contributed by atoms with Crippen molar-refractivity contribution < 1.29 is 18.0 Å². The molecule has 0 bridgehead atoms. The van der Waals surface area contributed by atoms with Gasteiger partial charge in [-0.1, -0.05) is 12.1 Å². The van der Waals surface area contributed by atoms with E-state index < -0.39 is 10.0 Å². The van der Waals surface area contributed by atoms with Gasteiger partial charge in [-0.05, 0) is 62.6 Å². The van der Waals surface area contributed by atoms with Crippen molar-refractivity contribution in [3.8, 4) is 0 Å². The van der Waals surface area contributed by atoms with Crippen LogP contribution in [0.3, 0.4) is 0 Å². The Bertz CT molecular complexity index is 852. The molecule has 7 nitrogen and oxygen atoms in total. The van der Waals surface area contributed by atoms with E-state index >= 15 is 0 Å². The second-order valence-corrected chi connectivity index (χ2v) is 10.2. The van der Waals surface area contributed by atoms with Crippen LogP contribution >= 0.6 is 0 Å². The maximum absolute atomic E-state index is 12.5. The highest BCUT2D eigenvalue weighted by molar-refractivity contribution is 7.89. The molecule has 0 aromatic heterocycles. The second-order valence-electron chi connectivity index (χ2n) is 8.48. The molecule has 3 aliphatic rings. The van der Waals surface area contributed by atoms with Crippen LogP contribution < -0.4 is 10.0 Å². The minimum Gasteiger partial charge on any atom is -0.353 e. The lowest BCUT2D eigenvalue weighted by atomic mass is 9.95. The maximum atomic E-state index is 12.5. The molecule has 0 radical (unpaired) electrons. The standard InChI is InChI=1S/C21H29N3O4S/c25-20(24-13-11-16(12-14-24)21(26)22-17-4-5-17)10-3-15-1-8-19(9-2-15)29(27,28)23-18-6-7-18/h1-2,8-9,16-18,23H,3-7,10-14H2,(H,22,26). The largest absolute Gasteiger partial charge is 0.353 e. The fourth-order valence-electron chi connectivity index (χ4n) is 3.67. The molecule has 2 saturated carbocycles. The second kappa shape index (κ2) is 8.44. The fourth-order valence-corrected chi connectivity index (χ4v) is 4.98. The summed E-state index contributed by atoms with van der Waals surface area (Å²) in [5.41, 5.74) is 0.947. The summed E-state index contributed by atoms with van der Waals surface area (Å²) in [4.78, 5) is 26.8. The Morgan fingerprint density at radius 1 is 0.931 bits per heavy atom. The van der Waals surface area contributed by atoms with Crippen LogP contribution in [0.4, 0.5) is 0 Å². The zero-order chi connectivity index (χ0) is 20.4. The summed E-state index contributed by atoms with van der Waals surface area (Å²) in [6.07, 6.45) is 6.42. The highest BCUT2D eigenvalue weighted by atomic mass is 32.2. The van der Waals surface area contributed by atoms with Crippen LogP contribution in [0.5, 0.6) is 0 Å². The predicted octanol–water partition coefficient (Wildman–Crippen LogP) is 1.58. The lowest BCUT2D eigenvalue weighted by Crippen LogP contribution is -2.43. The Kier molecular flexibility index (Phi) is 5.92. The van der Waals surface area contributed by atoms with Crippen LogP contribution in [0, 0.1) is 5.92 Å². The van der Waals surface area contributed by atoms with Gasteiger partial charge in [-0.15, -0.1) is 0 Å². The zero-order valence-electron chi connectivity index (χ0n) is 16.6. The van der Waals surface area contributed by atoms with Crippen molar-refractivity contribution in [1.29, 1.82) is 0 Å². The number of sulfonamides is 1. The highest BCUT2D eigenvalue weighted by Crippen LogP contribution is 2.24. The minimum atomic E-state index is -3.44. The molecule has 8 heteroatoms. The first-order valence-electron chi connectivity index (χ1n) is 10.6. The first kappa shape index (κ1) is 20.3. The Morgan fingerprint density at radius 2 is 1.55 bits per heavy atom. The summed E-state index contributed by atoms with van der Waals surface area (Å²) in [5, 5.41) is 3.05. The third-order valence-electron chi connectivity index (χ3n) is 5.90. The molecule has 2 aliphatic carbocycles. The van der Waals surface area contributed by atoms with Crippen molar-refractivity contribution >= 4 is 21.8 Å². The third-order valence-corrected chi connectivity index (χ3v) is 7.44. The number of carbonyl (C=O) groups is 2.